The predicted octanol–water partition coefficient (Wildman–Crippen LogP) is 4.17. The van der Waals surface area contributed by atoms with Crippen LogP contribution in [0.5, 0.6) is 0 Å². The number of hydrogen-bond acceptors (Lipinski definition) is 4. The van der Waals surface area contributed by atoms with Crippen molar-refractivity contribution in [2.24, 2.45) is 0 Å². The first kappa shape index (κ1) is 16.2. The number of hydrogen-bond donors (Lipinski definition) is 0. The van der Waals surface area contributed by atoms with E-state index < -0.39 is 0 Å². The zero-order valence-corrected chi connectivity index (χ0v) is 15.5. The summed E-state index contributed by atoms with van der Waals surface area (Å²) in [7, 11) is 0. The molecule has 0 radical (unpaired) electrons. The molecule has 130 valence electrons. The van der Waals surface area contributed by atoms with Gasteiger partial charge in [0.1, 0.15) is 0 Å². The molecule has 0 unspecified atom stereocenters. The van der Waals surface area contributed by atoms with Crippen LogP contribution in [-0.2, 0) is 0 Å². The fourth-order valence-corrected chi connectivity index (χ4v) is 4.10. The Morgan fingerprint density at radius 3 is 2.56 bits per heavy atom. The summed E-state index contributed by atoms with van der Waals surface area (Å²) in [6.45, 7) is 0. The van der Waals surface area contributed by atoms with Crippen molar-refractivity contribution in [2.45, 2.75) is 0 Å². The van der Waals surface area contributed by atoms with E-state index in [4.69, 9.17) is 11.6 Å². The summed E-state index contributed by atoms with van der Waals surface area (Å²) < 4.78 is 1.98. The summed E-state index contributed by atoms with van der Waals surface area (Å²) in [5, 5.41) is 7.28. The highest BCUT2D eigenvalue weighted by atomic mass is 35.5. The summed E-state index contributed by atoms with van der Waals surface area (Å²) in [5.41, 5.74) is 1.68. The lowest BCUT2D eigenvalue weighted by molar-refractivity contribution is 0.937. The van der Waals surface area contributed by atoms with Crippen LogP contribution in [0.4, 0.5) is 0 Å². The molecule has 0 bridgehead atoms. The number of nitrogens with zero attached hydrogens (tertiary/aromatic N) is 3. The minimum atomic E-state index is -0.157. The number of rotatable bonds is 2. The molecule has 0 spiro atoms. The minimum absolute atomic E-state index is 0.157. The summed E-state index contributed by atoms with van der Waals surface area (Å²) in [6, 6.07) is 21.4. The van der Waals surface area contributed by atoms with E-state index in [1.54, 1.807) is 12.1 Å². The second kappa shape index (κ2) is 6.30. The molecule has 0 fully saturated rings. The number of thiazole rings is 1. The fourth-order valence-electron chi connectivity index (χ4n) is 3.07. The summed E-state index contributed by atoms with van der Waals surface area (Å²) >= 11 is 7.26. The van der Waals surface area contributed by atoms with E-state index in [1.165, 1.54) is 15.9 Å². The van der Waals surface area contributed by atoms with Gasteiger partial charge >= 0.3 is 0 Å². The van der Waals surface area contributed by atoms with E-state index in [1.807, 2.05) is 42.5 Å². The van der Waals surface area contributed by atoms with Gasteiger partial charge in [-0.15, -0.1) is 5.10 Å². The van der Waals surface area contributed by atoms with Gasteiger partial charge in [0, 0.05) is 10.6 Å². The Labute approximate surface area is 163 Å². The Morgan fingerprint density at radius 2 is 1.74 bits per heavy atom. The molecule has 0 aliphatic heterocycles. The van der Waals surface area contributed by atoms with Crippen LogP contribution < -0.4 is 10.1 Å². The third kappa shape index (κ3) is 2.81. The first-order valence-electron chi connectivity index (χ1n) is 8.34. The molecule has 3 aromatic carbocycles. The van der Waals surface area contributed by atoms with Crippen molar-refractivity contribution < 1.29 is 0 Å². The van der Waals surface area contributed by atoms with Crippen LogP contribution in [0.15, 0.2) is 71.5 Å². The average Bonchev–Trinajstić information content (AvgIpc) is 3.23. The molecule has 2 aromatic heterocycles. The van der Waals surface area contributed by atoms with E-state index in [-0.39, 0.29) is 5.56 Å². The zero-order valence-electron chi connectivity index (χ0n) is 14.0. The van der Waals surface area contributed by atoms with Gasteiger partial charge < -0.3 is 0 Å². The van der Waals surface area contributed by atoms with Gasteiger partial charge in [-0.25, -0.2) is 0 Å². The Morgan fingerprint density at radius 1 is 0.963 bits per heavy atom. The summed E-state index contributed by atoms with van der Waals surface area (Å²) in [4.78, 5) is 17.9. The van der Waals surface area contributed by atoms with E-state index in [0.717, 1.165) is 21.9 Å². The van der Waals surface area contributed by atoms with Crippen LogP contribution in [0.1, 0.15) is 5.56 Å². The second-order valence-electron chi connectivity index (χ2n) is 6.12. The van der Waals surface area contributed by atoms with Gasteiger partial charge in [-0.3, -0.25) is 4.79 Å². The molecule has 6 heteroatoms. The number of halogens is 1. The van der Waals surface area contributed by atoms with Crippen molar-refractivity contribution in [3.8, 4) is 11.4 Å². The highest BCUT2D eigenvalue weighted by molar-refractivity contribution is 7.15. The van der Waals surface area contributed by atoms with Crippen molar-refractivity contribution in [1.82, 2.24) is 14.6 Å². The van der Waals surface area contributed by atoms with Crippen LogP contribution in [0, 0.1) is 0 Å². The average molecular weight is 390 g/mol. The van der Waals surface area contributed by atoms with E-state index >= 15 is 0 Å². The molecule has 5 rings (SSSR count). The van der Waals surface area contributed by atoms with E-state index in [0.29, 0.717) is 20.3 Å². The van der Waals surface area contributed by atoms with Crippen LogP contribution in [0.2, 0.25) is 5.02 Å². The molecule has 4 nitrogen and oxygen atoms in total. The Hall–Kier alpha value is -3.02. The van der Waals surface area contributed by atoms with Gasteiger partial charge in [0.25, 0.3) is 5.56 Å². The highest BCUT2D eigenvalue weighted by Crippen LogP contribution is 2.20. The second-order valence-corrected chi connectivity index (χ2v) is 7.57. The molecule has 0 amide bonds. The molecule has 0 aliphatic rings. The fraction of sp³-hybridized carbons (Fsp3) is 0. The first-order chi connectivity index (χ1) is 13.2. The van der Waals surface area contributed by atoms with Crippen LogP contribution in [-0.4, -0.2) is 14.6 Å². The normalized spacial score (nSPS) is 12.3. The maximum Gasteiger partial charge on any atom is 0.291 e. The van der Waals surface area contributed by atoms with E-state index in [2.05, 4.69) is 28.3 Å². The summed E-state index contributed by atoms with van der Waals surface area (Å²) in [5.74, 6) is 0.520. The maximum atomic E-state index is 12.8. The van der Waals surface area contributed by atoms with Crippen molar-refractivity contribution in [3.63, 3.8) is 0 Å². The number of aromatic nitrogens is 3. The maximum absolute atomic E-state index is 12.8. The van der Waals surface area contributed by atoms with Gasteiger partial charge in [0.15, 0.2) is 5.82 Å². The smallest absolute Gasteiger partial charge is 0.266 e. The van der Waals surface area contributed by atoms with Crippen LogP contribution in [0.3, 0.4) is 0 Å². The molecule has 2 heterocycles. The molecular weight excluding hydrogens is 378 g/mol. The predicted molar refractivity (Wildman–Crippen MR) is 110 cm³/mol. The lowest BCUT2D eigenvalue weighted by Gasteiger charge is -2.00. The molecule has 27 heavy (non-hydrogen) atoms. The lowest BCUT2D eigenvalue weighted by atomic mass is 10.0. The summed E-state index contributed by atoms with van der Waals surface area (Å²) in [6.07, 6.45) is 1.91. The third-order valence-corrected chi connectivity index (χ3v) is 5.61. The SMILES string of the molecule is O=c1/c(=C\c2cccc3ccccc23)sc2nc(-c3ccc(Cl)cc3)nn12. The monoisotopic (exact) mass is 389 g/mol. The molecule has 0 aliphatic carbocycles. The highest BCUT2D eigenvalue weighted by Gasteiger charge is 2.12. The van der Waals surface area contributed by atoms with Crippen molar-refractivity contribution in [2.75, 3.05) is 0 Å². The van der Waals surface area contributed by atoms with Crippen molar-refractivity contribution >= 4 is 44.7 Å². The van der Waals surface area contributed by atoms with E-state index in [9.17, 15) is 4.79 Å². The molecule has 5 aromatic rings. The van der Waals surface area contributed by atoms with Gasteiger partial charge in [-0.2, -0.15) is 9.50 Å². The van der Waals surface area contributed by atoms with Gasteiger partial charge in [0.05, 0.1) is 4.53 Å². The third-order valence-electron chi connectivity index (χ3n) is 4.39. The topological polar surface area (TPSA) is 47.3 Å². The van der Waals surface area contributed by atoms with Crippen LogP contribution in [0.25, 0.3) is 33.2 Å². The number of fused-ring (bicyclic) bond motifs is 2. The quantitative estimate of drug-likeness (QED) is 0.455. The van der Waals surface area contributed by atoms with Crippen molar-refractivity contribution in [3.05, 3.63) is 92.2 Å². The Kier molecular flexibility index (Phi) is 3.77. The Balaban J connectivity index is 1.65. The minimum Gasteiger partial charge on any atom is -0.266 e. The first-order valence-corrected chi connectivity index (χ1v) is 9.53. The van der Waals surface area contributed by atoms with Gasteiger partial charge in [0.2, 0.25) is 4.96 Å². The Bertz CT molecular complexity index is 1400. The molecule has 0 atom stereocenters. The van der Waals surface area contributed by atoms with Crippen molar-refractivity contribution in [1.29, 1.82) is 0 Å². The van der Waals surface area contributed by atoms with Crippen LogP contribution >= 0.6 is 22.9 Å². The molecule has 0 saturated heterocycles. The molecule has 0 N–H and O–H groups in total. The molecular formula is C21H12ClN3OS. The standard InChI is InChI=1S/C21H12ClN3OS/c22-16-10-8-14(9-11-16)19-23-21-25(24-19)20(26)18(27-21)12-15-6-3-5-13-4-1-2-7-17(13)15/h1-12H/b18-12+. The largest absolute Gasteiger partial charge is 0.291 e. The van der Waals surface area contributed by atoms with Gasteiger partial charge in [-0.05, 0) is 46.7 Å². The van der Waals surface area contributed by atoms with Gasteiger partial charge in [-0.1, -0.05) is 65.4 Å². The lowest BCUT2D eigenvalue weighted by Crippen LogP contribution is -2.23. The zero-order chi connectivity index (χ0) is 18.4. The number of benzene rings is 3. The molecule has 0 saturated carbocycles.